The van der Waals surface area contributed by atoms with Gasteiger partial charge in [-0.3, -0.25) is 0 Å². The van der Waals surface area contributed by atoms with Gasteiger partial charge in [-0.05, 0) is 24.6 Å². The number of nitrogens with one attached hydrogen (secondary N) is 1. The van der Waals surface area contributed by atoms with Crippen LogP contribution in [0.1, 0.15) is 11.3 Å². The number of aromatic nitrogens is 2. The number of ether oxygens (including phenoxy) is 1. The summed E-state index contributed by atoms with van der Waals surface area (Å²) >= 11 is 0. The van der Waals surface area contributed by atoms with Crippen LogP contribution in [0.4, 0.5) is 11.4 Å². The van der Waals surface area contributed by atoms with E-state index in [1.165, 1.54) is 0 Å². The first-order valence-corrected chi connectivity index (χ1v) is 5.77. The molecule has 0 amide bonds. The Morgan fingerprint density at radius 1 is 1.39 bits per heavy atom. The van der Waals surface area contributed by atoms with Gasteiger partial charge in [0.15, 0.2) is 0 Å². The second kappa shape index (κ2) is 5.00. The third-order valence-electron chi connectivity index (χ3n) is 2.76. The number of methoxy groups -OCH3 is 1. The maximum Gasteiger partial charge on any atom is 0.211 e. The van der Waals surface area contributed by atoms with Crippen molar-refractivity contribution in [3.63, 3.8) is 0 Å². The van der Waals surface area contributed by atoms with Crippen LogP contribution < -0.4 is 15.8 Å². The van der Waals surface area contributed by atoms with Crippen molar-refractivity contribution in [2.24, 2.45) is 7.05 Å². The van der Waals surface area contributed by atoms with Crippen molar-refractivity contribution in [2.75, 3.05) is 18.2 Å². The van der Waals surface area contributed by atoms with Crippen LogP contribution in [0.2, 0.25) is 0 Å². The lowest BCUT2D eigenvalue weighted by Gasteiger charge is -2.08. The molecule has 0 fully saturated rings. The number of hydrogen-bond acceptors (Lipinski definition) is 4. The molecule has 0 spiro atoms. The smallest absolute Gasteiger partial charge is 0.211 e. The first-order chi connectivity index (χ1) is 8.60. The van der Waals surface area contributed by atoms with Gasteiger partial charge in [-0.2, -0.15) is 5.10 Å². The van der Waals surface area contributed by atoms with Crippen molar-refractivity contribution in [1.29, 1.82) is 0 Å². The summed E-state index contributed by atoms with van der Waals surface area (Å²) in [5.41, 5.74) is 9.67. The maximum atomic E-state index is 5.93. The fourth-order valence-electron chi connectivity index (χ4n) is 1.81. The lowest BCUT2D eigenvalue weighted by molar-refractivity contribution is 0.373. The van der Waals surface area contributed by atoms with Crippen molar-refractivity contribution in [3.8, 4) is 5.88 Å². The van der Waals surface area contributed by atoms with Gasteiger partial charge in [0, 0.05) is 13.1 Å². The number of hydrogen-bond donors (Lipinski definition) is 2. The molecule has 3 N–H and O–H groups in total. The highest BCUT2D eigenvalue weighted by Crippen LogP contribution is 2.20. The lowest BCUT2D eigenvalue weighted by Crippen LogP contribution is -2.03. The van der Waals surface area contributed by atoms with Crippen LogP contribution in [-0.2, 0) is 13.6 Å². The first-order valence-electron chi connectivity index (χ1n) is 5.77. The molecule has 0 aliphatic carbocycles. The van der Waals surface area contributed by atoms with Crippen LogP contribution in [-0.4, -0.2) is 16.9 Å². The lowest BCUT2D eigenvalue weighted by atomic mass is 10.2. The molecule has 0 saturated carbocycles. The number of anilines is 2. The molecule has 5 heteroatoms. The summed E-state index contributed by atoms with van der Waals surface area (Å²) in [4.78, 5) is 0. The molecule has 1 heterocycles. The third-order valence-corrected chi connectivity index (χ3v) is 2.76. The van der Waals surface area contributed by atoms with Crippen molar-refractivity contribution < 1.29 is 4.74 Å². The minimum absolute atomic E-state index is 0.616. The molecule has 1 aromatic carbocycles. The molecule has 5 nitrogen and oxygen atoms in total. The van der Waals surface area contributed by atoms with Crippen LogP contribution in [0.25, 0.3) is 0 Å². The van der Waals surface area contributed by atoms with Gasteiger partial charge in [-0.25, -0.2) is 4.68 Å². The molecule has 0 atom stereocenters. The Kier molecular flexibility index (Phi) is 3.41. The molecule has 18 heavy (non-hydrogen) atoms. The number of nitrogens with zero attached hydrogens (tertiary/aromatic N) is 2. The average Bonchev–Trinajstić information content (AvgIpc) is 2.69. The van der Waals surface area contributed by atoms with E-state index in [1.54, 1.807) is 11.8 Å². The molecule has 0 unspecified atom stereocenters. The zero-order valence-electron chi connectivity index (χ0n) is 10.9. The van der Waals surface area contributed by atoms with E-state index in [-0.39, 0.29) is 0 Å². The standard InChI is InChI=1S/C13H18N4O/c1-9-4-5-12(11(14)6-9)15-8-10-7-13(18-3)17(2)16-10/h4-7,15H,8,14H2,1-3H3. The summed E-state index contributed by atoms with van der Waals surface area (Å²) in [6.07, 6.45) is 0. The van der Waals surface area contributed by atoms with Crippen LogP contribution in [0, 0.1) is 6.92 Å². The molecule has 0 aliphatic rings. The van der Waals surface area contributed by atoms with Gasteiger partial charge in [0.1, 0.15) is 0 Å². The highest BCUT2D eigenvalue weighted by atomic mass is 16.5. The quantitative estimate of drug-likeness (QED) is 0.809. The van der Waals surface area contributed by atoms with Gasteiger partial charge in [-0.15, -0.1) is 0 Å². The van der Waals surface area contributed by atoms with Crippen molar-refractivity contribution in [1.82, 2.24) is 9.78 Å². The van der Waals surface area contributed by atoms with Crippen LogP contribution in [0.3, 0.4) is 0 Å². The number of rotatable bonds is 4. The molecular weight excluding hydrogens is 228 g/mol. The van der Waals surface area contributed by atoms with Crippen LogP contribution >= 0.6 is 0 Å². The predicted octanol–water partition coefficient (Wildman–Crippen LogP) is 1.93. The minimum atomic E-state index is 0.616. The van der Waals surface area contributed by atoms with Gasteiger partial charge in [-0.1, -0.05) is 6.07 Å². The maximum absolute atomic E-state index is 5.93. The van der Waals surface area contributed by atoms with E-state index in [0.29, 0.717) is 6.54 Å². The Balaban J connectivity index is 2.06. The van der Waals surface area contributed by atoms with E-state index in [0.717, 1.165) is 28.5 Å². The third kappa shape index (κ3) is 2.56. The summed E-state index contributed by atoms with van der Waals surface area (Å²) in [5, 5.41) is 7.60. The Bertz CT molecular complexity index is 548. The summed E-state index contributed by atoms with van der Waals surface area (Å²) in [6, 6.07) is 7.85. The van der Waals surface area contributed by atoms with Gasteiger partial charge < -0.3 is 15.8 Å². The molecule has 0 radical (unpaired) electrons. The van der Waals surface area contributed by atoms with E-state index in [2.05, 4.69) is 10.4 Å². The SMILES string of the molecule is COc1cc(CNc2ccc(C)cc2N)nn1C. The number of nitrogen functional groups attached to an aromatic ring is 1. The normalized spacial score (nSPS) is 10.4. The number of benzene rings is 1. The number of nitrogens with two attached hydrogens (primary N) is 1. The molecule has 2 rings (SSSR count). The Morgan fingerprint density at radius 2 is 2.17 bits per heavy atom. The largest absolute Gasteiger partial charge is 0.481 e. The second-order valence-corrected chi connectivity index (χ2v) is 4.25. The van der Waals surface area contributed by atoms with Crippen LogP contribution in [0.15, 0.2) is 24.3 Å². The minimum Gasteiger partial charge on any atom is -0.481 e. The molecule has 0 saturated heterocycles. The van der Waals surface area contributed by atoms with E-state index >= 15 is 0 Å². The number of aryl methyl sites for hydroxylation is 2. The van der Waals surface area contributed by atoms with Crippen molar-refractivity contribution in [3.05, 3.63) is 35.5 Å². The summed E-state index contributed by atoms with van der Waals surface area (Å²) < 4.78 is 6.87. The summed E-state index contributed by atoms with van der Waals surface area (Å²) in [7, 11) is 3.48. The average molecular weight is 246 g/mol. The summed E-state index contributed by atoms with van der Waals surface area (Å²) in [5.74, 6) is 0.740. The molecule has 1 aromatic heterocycles. The van der Waals surface area contributed by atoms with Gasteiger partial charge >= 0.3 is 0 Å². The zero-order chi connectivity index (χ0) is 13.1. The Morgan fingerprint density at radius 3 is 2.78 bits per heavy atom. The molecule has 0 bridgehead atoms. The van der Waals surface area contributed by atoms with E-state index in [1.807, 2.05) is 38.2 Å². The molecular formula is C13H18N4O. The highest BCUT2D eigenvalue weighted by Gasteiger charge is 2.05. The second-order valence-electron chi connectivity index (χ2n) is 4.25. The van der Waals surface area contributed by atoms with Crippen molar-refractivity contribution in [2.45, 2.75) is 13.5 Å². The monoisotopic (exact) mass is 246 g/mol. The zero-order valence-corrected chi connectivity index (χ0v) is 10.9. The predicted molar refractivity (Wildman–Crippen MR) is 72.7 cm³/mol. The first kappa shape index (κ1) is 12.3. The highest BCUT2D eigenvalue weighted by molar-refractivity contribution is 5.66. The van der Waals surface area contributed by atoms with E-state index in [4.69, 9.17) is 10.5 Å². The van der Waals surface area contributed by atoms with Crippen molar-refractivity contribution >= 4 is 11.4 Å². The molecule has 96 valence electrons. The Labute approximate surface area is 107 Å². The summed E-state index contributed by atoms with van der Waals surface area (Å²) in [6.45, 7) is 2.63. The molecule has 0 aliphatic heterocycles. The van der Waals surface area contributed by atoms with E-state index < -0.39 is 0 Å². The Hall–Kier alpha value is -2.17. The van der Waals surface area contributed by atoms with Crippen LogP contribution in [0.5, 0.6) is 5.88 Å². The van der Waals surface area contributed by atoms with E-state index in [9.17, 15) is 0 Å². The fraction of sp³-hybridized carbons (Fsp3) is 0.308. The van der Waals surface area contributed by atoms with Gasteiger partial charge in [0.25, 0.3) is 0 Å². The van der Waals surface area contributed by atoms with Gasteiger partial charge in [0.05, 0.1) is 30.7 Å². The molecule has 2 aromatic rings. The fourth-order valence-corrected chi connectivity index (χ4v) is 1.81. The topological polar surface area (TPSA) is 65.1 Å². The van der Waals surface area contributed by atoms with Gasteiger partial charge in [0.2, 0.25) is 5.88 Å².